The molecule has 4 aromatic rings. The molecule has 0 spiro atoms. The lowest BCUT2D eigenvalue weighted by atomic mass is 9.98. The van der Waals surface area contributed by atoms with E-state index in [0.717, 1.165) is 24.0 Å². The van der Waals surface area contributed by atoms with Crippen molar-refractivity contribution >= 4 is 29.1 Å². The number of nitrogens with zero attached hydrogens (tertiary/aromatic N) is 4. The number of carbonyl (C=O) groups excluding carboxylic acids is 1. The molecule has 6 rings (SSSR count). The highest BCUT2D eigenvalue weighted by Gasteiger charge is 2.36. The van der Waals surface area contributed by atoms with Crippen molar-refractivity contribution in [3.63, 3.8) is 0 Å². The zero-order valence-electron chi connectivity index (χ0n) is 25.5. The first-order valence-corrected chi connectivity index (χ1v) is 15.9. The molecule has 13 heteroatoms. The van der Waals surface area contributed by atoms with Crippen LogP contribution < -0.4 is 25.4 Å². The van der Waals surface area contributed by atoms with Crippen molar-refractivity contribution in [1.29, 1.82) is 0 Å². The molecule has 46 heavy (non-hydrogen) atoms. The summed E-state index contributed by atoms with van der Waals surface area (Å²) in [6.45, 7) is 1.74. The van der Waals surface area contributed by atoms with Crippen molar-refractivity contribution in [2.24, 2.45) is 5.92 Å². The van der Waals surface area contributed by atoms with E-state index in [1.165, 1.54) is 0 Å². The maximum atomic E-state index is 11.5. The summed E-state index contributed by atoms with van der Waals surface area (Å²) in [6, 6.07) is 11.7. The number of hydrogen-bond donors (Lipinski definition) is 4. The lowest BCUT2D eigenvalue weighted by Crippen LogP contribution is -2.35. The van der Waals surface area contributed by atoms with Gasteiger partial charge in [-0.05, 0) is 18.8 Å². The molecule has 2 aliphatic rings. The molecule has 2 aromatic heterocycles. The Morgan fingerprint density at radius 2 is 1.46 bits per heavy atom. The smallest absolute Gasteiger partial charge is 0.237 e. The molecule has 1 amide bonds. The Labute approximate surface area is 277 Å². The molecular weight excluding hydrogens is 629 g/mol. The fourth-order valence-electron chi connectivity index (χ4n) is 5.62. The number of carbonyl (C=O) groups is 1. The quantitative estimate of drug-likeness (QED) is 0.162. The van der Waals surface area contributed by atoms with Crippen molar-refractivity contribution in [3.05, 3.63) is 70.2 Å². The van der Waals surface area contributed by atoms with Gasteiger partial charge in [0.1, 0.15) is 11.4 Å². The number of rotatable bonds is 13. The summed E-state index contributed by atoms with van der Waals surface area (Å²) in [4.78, 5) is 30.1. The zero-order valence-corrected chi connectivity index (χ0v) is 27.0. The predicted molar refractivity (Wildman–Crippen MR) is 176 cm³/mol. The van der Waals surface area contributed by atoms with Crippen LogP contribution in [0.1, 0.15) is 30.7 Å². The van der Waals surface area contributed by atoms with E-state index in [1.54, 1.807) is 26.6 Å². The number of aromatic nitrogens is 4. The second kappa shape index (κ2) is 14.3. The molecule has 3 heterocycles. The number of halogens is 2. The summed E-state index contributed by atoms with van der Waals surface area (Å²) in [6.07, 6.45) is 5.67. The average molecular weight is 665 g/mol. The first-order valence-electron chi connectivity index (χ1n) is 15.1. The topological polar surface area (TPSA) is 143 Å². The molecule has 1 saturated heterocycles. The van der Waals surface area contributed by atoms with Gasteiger partial charge in [-0.3, -0.25) is 14.8 Å². The molecule has 1 saturated carbocycles. The number of benzene rings is 2. The minimum Gasteiger partial charge on any atom is -0.480 e. The molecule has 1 aliphatic heterocycles. The molecule has 4 N–H and O–H groups in total. The van der Waals surface area contributed by atoms with E-state index >= 15 is 0 Å². The van der Waals surface area contributed by atoms with Crippen molar-refractivity contribution < 1.29 is 19.4 Å². The Kier molecular flexibility index (Phi) is 9.95. The summed E-state index contributed by atoms with van der Waals surface area (Å²) in [7, 11) is 3.12. The number of methoxy groups -OCH3 is 2. The Morgan fingerprint density at radius 1 is 0.891 bits per heavy atom. The second-order valence-electron chi connectivity index (χ2n) is 11.4. The highest BCUT2D eigenvalue weighted by Crippen LogP contribution is 2.42. The molecule has 2 fully saturated rings. The minimum atomic E-state index is 0.0825. The van der Waals surface area contributed by atoms with Gasteiger partial charge in [-0.15, -0.1) is 0 Å². The van der Waals surface area contributed by atoms with Crippen LogP contribution in [0.25, 0.3) is 33.6 Å². The first-order chi connectivity index (χ1) is 22.4. The minimum absolute atomic E-state index is 0.0825. The summed E-state index contributed by atoms with van der Waals surface area (Å²) < 4.78 is 11.1. The fourth-order valence-corrected chi connectivity index (χ4v) is 6.27. The maximum absolute atomic E-state index is 11.5. The number of aliphatic hydroxyl groups excluding tert-OH is 1. The van der Waals surface area contributed by atoms with Crippen LogP contribution in [0.3, 0.4) is 0 Å². The van der Waals surface area contributed by atoms with Crippen molar-refractivity contribution in [3.8, 4) is 45.4 Å². The van der Waals surface area contributed by atoms with Gasteiger partial charge >= 0.3 is 0 Å². The van der Waals surface area contributed by atoms with Gasteiger partial charge in [0.25, 0.3) is 0 Å². The third-order valence-electron chi connectivity index (χ3n) is 8.31. The zero-order chi connectivity index (χ0) is 32.2. The third kappa shape index (κ3) is 6.93. The summed E-state index contributed by atoms with van der Waals surface area (Å²) in [5.41, 5.74) is 5.26. The second-order valence-corrected chi connectivity index (χ2v) is 12.1. The number of hydrogen-bond acceptors (Lipinski definition) is 10. The molecule has 3 atom stereocenters. The number of nitrogens with one attached hydrogen (secondary N) is 3. The van der Waals surface area contributed by atoms with Crippen LogP contribution >= 0.6 is 23.2 Å². The van der Waals surface area contributed by atoms with Gasteiger partial charge in [-0.25, -0.2) is 9.97 Å². The SMILES string of the molecule is COc1nc(-c2cccc(-c3cccc(-c4cnc(CN[C@H]5C[C@H]5CO)c(OC)n4)c3Cl)c2Cl)cnc1CNC[C@@H]1CCC(=O)N1. The van der Waals surface area contributed by atoms with Gasteiger partial charge in [-0.1, -0.05) is 59.6 Å². The molecule has 0 bridgehead atoms. The standard InChI is InChI=1S/C33H35Cl2N7O4/c1-45-32-27(13-36-12-19-9-10-29(44)40-19)38-14-25(41-32)22-7-3-5-20(30(22)34)21-6-4-8-23(31(21)35)26-15-39-28(33(42-26)46-2)16-37-24-11-18(24)17-43/h3-8,14-15,18-19,24,36-37,43H,9-13,16-17H2,1-2H3,(H,40,44)/t18-,19-,24-/m0/s1. The van der Waals surface area contributed by atoms with E-state index in [4.69, 9.17) is 42.6 Å². The highest BCUT2D eigenvalue weighted by molar-refractivity contribution is 6.39. The van der Waals surface area contributed by atoms with Crippen LogP contribution in [-0.2, 0) is 17.9 Å². The summed E-state index contributed by atoms with van der Waals surface area (Å²) in [5.74, 6) is 1.17. The van der Waals surface area contributed by atoms with E-state index in [9.17, 15) is 9.90 Å². The Balaban J connectivity index is 1.23. The third-order valence-corrected chi connectivity index (χ3v) is 9.12. The van der Waals surface area contributed by atoms with E-state index in [2.05, 4.69) is 25.9 Å². The van der Waals surface area contributed by atoms with Gasteiger partial charge in [0.05, 0.1) is 48.0 Å². The van der Waals surface area contributed by atoms with Crippen LogP contribution in [0.2, 0.25) is 10.0 Å². The van der Waals surface area contributed by atoms with E-state index < -0.39 is 0 Å². The lowest BCUT2D eigenvalue weighted by molar-refractivity contribution is -0.119. The van der Waals surface area contributed by atoms with Gasteiger partial charge in [0.15, 0.2) is 0 Å². The number of aliphatic hydroxyl groups is 1. The van der Waals surface area contributed by atoms with Gasteiger partial charge < -0.3 is 30.5 Å². The van der Waals surface area contributed by atoms with Crippen LogP contribution in [0.5, 0.6) is 11.8 Å². The normalized spacial score (nSPS) is 18.8. The maximum Gasteiger partial charge on any atom is 0.237 e. The largest absolute Gasteiger partial charge is 0.480 e. The molecule has 2 aromatic carbocycles. The van der Waals surface area contributed by atoms with Crippen molar-refractivity contribution in [1.82, 2.24) is 35.9 Å². The highest BCUT2D eigenvalue weighted by atomic mass is 35.5. The molecule has 0 radical (unpaired) electrons. The molecule has 11 nitrogen and oxygen atoms in total. The van der Waals surface area contributed by atoms with E-state index in [1.807, 2.05) is 36.4 Å². The van der Waals surface area contributed by atoms with Crippen LogP contribution in [0.15, 0.2) is 48.8 Å². The molecule has 0 unspecified atom stereocenters. The Morgan fingerprint density at radius 3 is 1.96 bits per heavy atom. The monoisotopic (exact) mass is 663 g/mol. The fraction of sp³-hybridized carbons (Fsp3) is 0.364. The van der Waals surface area contributed by atoms with Gasteiger partial charge in [0, 0.05) is 67.0 Å². The number of ether oxygens (including phenoxy) is 2. The lowest BCUT2D eigenvalue weighted by Gasteiger charge is -2.15. The summed E-state index contributed by atoms with van der Waals surface area (Å²) >= 11 is 14.0. The van der Waals surface area contributed by atoms with E-state index in [-0.39, 0.29) is 24.6 Å². The van der Waals surface area contributed by atoms with Crippen molar-refractivity contribution in [2.75, 3.05) is 27.4 Å². The van der Waals surface area contributed by atoms with Gasteiger partial charge in [0.2, 0.25) is 17.7 Å². The molecule has 1 aliphatic carbocycles. The van der Waals surface area contributed by atoms with Crippen molar-refractivity contribution in [2.45, 2.75) is 44.4 Å². The number of amides is 1. The first kappa shape index (κ1) is 32.1. The average Bonchev–Trinajstić information content (AvgIpc) is 3.73. The Bertz CT molecular complexity index is 1740. The summed E-state index contributed by atoms with van der Waals surface area (Å²) in [5, 5.41) is 19.9. The molecular formula is C33H35Cl2N7O4. The van der Waals surface area contributed by atoms with Gasteiger partial charge in [-0.2, -0.15) is 0 Å². The molecule has 240 valence electrons. The van der Waals surface area contributed by atoms with Crippen LogP contribution in [-0.4, -0.2) is 70.4 Å². The van der Waals surface area contributed by atoms with E-state index in [0.29, 0.717) is 87.7 Å². The van der Waals surface area contributed by atoms with Crippen LogP contribution in [0, 0.1) is 5.92 Å². The van der Waals surface area contributed by atoms with Crippen LogP contribution in [0.4, 0.5) is 0 Å². The Hall–Kier alpha value is -3.87. The predicted octanol–water partition coefficient (Wildman–Crippen LogP) is 4.43.